The molecule has 0 saturated heterocycles. The number of nitrogens with zero attached hydrogens (tertiary/aromatic N) is 6. The van der Waals surface area contributed by atoms with E-state index in [4.69, 9.17) is 20.0 Å². The van der Waals surface area contributed by atoms with Gasteiger partial charge < -0.3 is 19.9 Å². The van der Waals surface area contributed by atoms with Crippen LogP contribution in [0.25, 0.3) is 43.1 Å². The standard InChI is InChI=1S/C34H18N10/c35-15-17-13-25-26(14-18(17)16-36)34-43-32-24-12-6-4-10-22(24)30(41-32)39-28-20-8-2-1-7-19(20)27(37-28)38-29-21-9-3-5-11-23(21)31(40-29)42-33(25)44-34/h1-14H,(H4,37,38,39,40,41,42,43,44). The van der Waals surface area contributed by atoms with Gasteiger partial charge >= 0.3 is 0 Å². The summed E-state index contributed by atoms with van der Waals surface area (Å²) in [4.78, 5) is 33.8. The van der Waals surface area contributed by atoms with Gasteiger partial charge in [-0.05, 0) is 12.1 Å². The van der Waals surface area contributed by atoms with Crippen molar-refractivity contribution in [1.82, 2.24) is 19.9 Å². The van der Waals surface area contributed by atoms with Crippen LogP contribution in [0.5, 0.6) is 0 Å². The van der Waals surface area contributed by atoms with Gasteiger partial charge in [0.1, 0.15) is 57.4 Å². The van der Waals surface area contributed by atoms with Gasteiger partial charge in [0, 0.05) is 43.1 Å². The van der Waals surface area contributed by atoms with E-state index in [9.17, 15) is 10.5 Å². The lowest BCUT2D eigenvalue weighted by molar-refractivity contribution is 1.08. The predicted octanol–water partition coefficient (Wildman–Crippen LogP) is 5.47. The molecule has 0 unspecified atom stereocenters. The molecule has 1 aliphatic rings. The molecule has 4 aromatic heterocycles. The maximum absolute atomic E-state index is 9.80. The monoisotopic (exact) mass is 566 g/mol. The number of rotatable bonds is 0. The van der Waals surface area contributed by atoms with E-state index in [1.807, 2.05) is 72.8 Å². The Kier molecular flexibility index (Phi) is 4.81. The molecule has 8 bridgehead atoms. The number of H-pyrrole nitrogens is 4. The van der Waals surface area contributed by atoms with Crippen molar-refractivity contribution in [2.45, 2.75) is 0 Å². The Hall–Kier alpha value is -6.78. The third kappa shape index (κ3) is 3.39. The smallest absolute Gasteiger partial charge is 0.142 e. The van der Waals surface area contributed by atoms with Gasteiger partial charge in [-0.3, -0.25) is 0 Å². The minimum Gasteiger partial charge on any atom is -0.324 e. The fourth-order valence-corrected chi connectivity index (χ4v) is 6.00. The average molecular weight is 567 g/mol. The number of benzene rings is 4. The molecule has 5 heterocycles. The average Bonchev–Trinajstić information content (AvgIpc) is 3.79. The lowest BCUT2D eigenvalue weighted by Crippen LogP contribution is -2.10. The van der Waals surface area contributed by atoms with Crippen LogP contribution >= 0.6 is 0 Å². The molecule has 204 valence electrons. The van der Waals surface area contributed by atoms with Gasteiger partial charge in [0.25, 0.3) is 0 Å². The molecule has 0 saturated carbocycles. The zero-order valence-corrected chi connectivity index (χ0v) is 22.8. The summed E-state index contributed by atoms with van der Waals surface area (Å²) in [5.41, 5.74) is 3.00. The third-order valence-electron chi connectivity index (χ3n) is 8.06. The maximum Gasteiger partial charge on any atom is 0.142 e. The summed E-state index contributed by atoms with van der Waals surface area (Å²) in [6, 6.07) is 31.5. The molecular formula is C34H18N10. The topological polar surface area (TPSA) is 160 Å². The fourth-order valence-electron chi connectivity index (χ4n) is 6.00. The maximum atomic E-state index is 9.80. The molecule has 0 aliphatic carbocycles. The first-order valence-electron chi connectivity index (χ1n) is 13.9. The molecule has 44 heavy (non-hydrogen) atoms. The van der Waals surface area contributed by atoms with E-state index >= 15 is 0 Å². The molecule has 0 atom stereocenters. The number of nitrogens with one attached hydrogen (secondary N) is 4. The normalized spacial score (nSPS) is 12.3. The summed E-state index contributed by atoms with van der Waals surface area (Å²) in [6.45, 7) is 0. The van der Waals surface area contributed by atoms with Crippen LogP contribution in [0.2, 0.25) is 0 Å². The Morgan fingerprint density at radius 2 is 0.682 bits per heavy atom. The van der Waals surface area contributed by atoms with E-state index in [1.165, 1.54) is 0 Å². The molecule has 0 radical (unpaired) electrons. The Morgan fingerprint density at radius 3 is 1.00 bits per heavy atom. The lowest BCUT2D eigenvalue weighted by atomic mass is 10.0. The van der Waals surface area contributed by atoms with Crippen molar-refractivity contribution >= 4 is 66.4 Å². The van der Waals surface area contributed by atoms with Crippen LogP contribution in [-0.2, 0) is 0 Å². The van der Waals surface area contributed by atoms with Crippen molar-refractivity contribution in [3.05, 3.63) is 118 Å². The van der Waals surface area contributed by atoms with Gasteiger partial charge in [0.05, 0.1) is 11.1 Å². The Bertz CT molecular complexity index is 2670. The highest BCUT2D eigenvalue weighted by Crippen LogP contribution is 2.36. The SMILES string of the molecule is N#Cc1cc2c3[nH]c(c2cc1C#N)N=c1[nH]c(c2ccccc12)=Nc1[nH]c(c2ccccc12)N=c1[nH]c(c2ccccc12)=N3. The molecule has 4 aromatic carbocycles. The van der Waals surface area contributed by atoms with Crippen LogP contribution < -0.4 is 22.0 Å². The number of hydrogen-bond acceptors (Lipinski definition) is 6. The zero-order chi connectivity index (χ0) is 29.4. The molecular weight excluding hydrogens is 548 g/mol. The first-order valence-corrected chi connectivity index (χ1v) is 13.9. The van der Waals surface area contributed by atoms with Crippen LogP contribution in [0.4, 0.5) is 23.3 Å². The molecule has 0 amide bonds. The minimum atomic E-state index is 0.264. The summed E-state index contributed by atoms with van der Waals surface area (Å²) in [6.07, 6.45) is 0. The summed E-state index contributed by atoms with van der Waals surface area (Å²) < 4.78 is 0. The van der Waals surface area contributed by atoms with Crippen LogP contribution in [0, 0.1) is 22.7 Å². The summed E-state index contributed by atoms with van der Waals surface area (Å²) in [5.74, 6) is 2.33. The summed E-state index contributed by atoms with van der Waals surface area (Å²) in [7, 11) is 0. The van der Waals surface area contributed by atoms with Crippen LogP contribution in [0.15, 0.2) is 105 Å². The van der Waals surface area contributed by atoms with Gasteiger partial charge in [-0.15, -0.1) is 0 Å². The van der Waals surface area contributed by atoms with E-state index in [0.29, 0.717) is 56.0 Å². The number of hydrogen-bond donors (Lipinski definition) is 4. The Labute approximate surface area is 246 Å². The predicted molar refractivity (Wildman–Crippen MR) is 166 cm³/mol. The first kappa shape index (κ1) is 23.9. The second-order valence-corrected chi connectivity index (χ2v) is 10.5. The molecule has 0 fully saturated rings. The number of aromatic amines is 4. The number of nitriles is 2. The van der Waals surface area contributed by atoms with Crippen LogP contribution in [0.1, 0.15) is 11.1 Å². The van der Waals surface area contributed by atoms with Crippen LogP contribution in [0.3, 0.4) is 0 Å². The van der Waals surface area contributed by atoms with E-state index in [-0.39, 0.29) is 11.1 Å². The highest BCUT2D eigenvalue weighted by atomic mass is 15.1. The van der Waals surface area contributed by atoms with Crippen LogP contribution in [-0.4, -0.2) is 19.9 Å². The third-order valence-corrected chi connectivity index (χ3v) is 8.06. The first-order chi connectivity index (χ1) is 21.7. The van der Waals surface area contributed by atoms with Gasteiger partial charge in [0.2, 0.25) is 0 Å². The molecule has 10 nitrogen and oxygen atoms in total. The molecule has 9 rings (SSSR count). The molecule has 10 heteroatoms. The van der Waals surface area contributed by atoms with Crippen molar-refractivity contribution in [1.29, 1.82) is 10.5 Å². The molecule has 8 aromatic rings. The fraction of sp³-hybridized carbons (Fsp3) is 0. The Morgan fingerprint density at radius 1 is 0.386 bits per heavy atom. The lowest BCUT2D eigenvalue weighted by Gasteiger charge is -1.97. The van der Waals surface area contributed by atoms with Crippen molar-refractivity contribution in [3.8, 4) is 12.1 Å². The van der Waals surface area contributed by atoms with Gasteiger partial charge in [-0.2, -0.15) is 10.5 Å². The van der Waals surface area contributed by atoms with E-state index in [2.05, 4.69) is 32.1 Å². The zero-order valence-electron chi connectivity index (χ0n) is 22.8. The quantitative estimate of drug-likeness (QED) is 0.192. The van der Waals surface area contributed by atoms with E-state index in [1.54, 1.807) is 12.1 Å². The highest BCUT2D eigenvalue weighted by molar-refractivity contribution is 6.02. The summed E-state index contributed by atoms with van der Waals surface area (Å²) >= 11 is 0. The van der Waals surface area contributed by atoms with E-state index < -0.39 is 0 Å². The largest absolute Gasteiger partial charge is 0.324 e. The van der Waals surface area contributed by atoms with Crippen molar-refractivity contribution in [2.75, 3.05) is 0 Å². The Balaban J connectivity index is 1.51. The van der Waals surface area contributed by atoms with E-state index in [0.717, 1.165) is 32.3 Å². The van der Waals surface area contributed by atoms with Crippen molar-refractivity contribution in [2.24, 2.45) is 20.0 Å². The minimum absolute atomic E-state index is 0.264. The summed E-state index contributed by atoms with van der Waals surface area (Å²) in [5, 5.41) is 26.4. The molecule has 4 N–H and O–H groups in total. The second-order valence-electron chi connectivity index (χ2n) is 10.5. The van der Waals surface area contributed by atoms with Gasteiger partial charge in [0.15, 0.2) is 0 Å². The second kappa shape index (κ2) is 8.86. The number of fused-ring (bicyclic) bond motifs is 20. The highest BCUT2D eigenvalue weighted by Gasteiger charge is 2.16. The molecule has 1 aliphatic heterocycles. The van der Waals surface area contributed by atoms with Gasteiger partial charge in [-0.1, -0.05) is 72.8 Å². The van der Waals surface area contributed by atoms with Crippen molar-refractivity contribution in [3.63, 3.8) is 0 Å². The number of aromatic nitrogens is 4. The molecule has 0 spiro atoms. The van der Waals surface area contributed by atoms with Crippen molar-refractivity contribution < 1.29 is 0 Å². The van der Waals surface area contributed by atoms with Gasteiger partial charge in [-0.25, -0.2) is 20.0 Å².